The SMILES string of the molecule is [N-]=[N+]=NC(/C=C/c1ccccc1)CO[C@@H]1O[C@H](COC(=O)c2ccccc2)[C@@H](OC(=O)c2ccccc2)[C@H](OC(=O)c2ccccc2)[C@H]1OC(=O)c1ccccc1. The van der Waals surface area contributed by atoms with Crippen molar-refractivity contribution in [3.8, 4) is 0 Å². The van der Waals surface area contributed by atoms with Crippen molar-refractivity contribution in [3.63, 3.8) is 0 Å². The van der Waals surface area contributed by atoms with Crippen molar-refractivity contribution in [2.24, 2.45) is 5.11 Å². The second kappa shape index (κ2) is 20.0. The Morgan fingerprint density at radius 3 is 1.49 bits per heavy atom. The zero-order chi connectivity index (χ0) is 39.8. The second-order valence-electron chi connectivity index (χ2n) is 12.6. The number of hydrogen-bond acceptors (Lipinski definition) is 11. The Labute approximate surface area is 328 Å². The first kappa shape index (κ1) is 39.6. The van der Waals surface area contributed by atoms with Gasteiger partial charge in [-0.25, -0.2) is 19.2 Å². The fraction of sp³-hybridized carbons (Fsp3) is 0.182. The van der Waals surface area contributed by atoms with Crippen LogP contribution < -0.4 is 0 Å². The zero-order valence-electron chi connectivity index (χ0n) is 30.4. The lowest BCUT2D eigenvalue weighted by molar-refractivity contribution is -0.298. The maximum absolute atomic E-state index is 13.8. The van der Waals surface area contributed by atoms with Crippen molar-refractivity contribution >= 4 is 30.0 Å². The van der Waals surface area contributed by atoms with Crippen molar-refractivity contribution in [2.75, 3.05) is 13.2 Å². The molecular formula is C44H37N3O10. The summed E-state index contributed by atoms with van der Waals surface area (Å²) in [6, 6.07) is 40.7. The number of carbonyl (C=O) groups is 4. The van der Waals surface area contributed by atoms with Crippen LogP contribution in [0.3, 0.4) is 0 Å². The van der Waals surface area contributed by atoms with Gasteiger partial charge in [0.25, 0.3) is 0 Å². The van der Waals surface area contributed by atoms with Crippen molar-refractivity contribution in [3.05, 3.63) is 196 Å². The van der Waals surface area contributed by atoms with Gasteiger partial charge in [-0.1, -0.05) is 120 Å². The van der Waals surface area contributed by atoms with E-state index in [9.17, 15) is 24.7 Å². The molecule has 0 bridgehead atoms. The molecule has 0 amide bonds. The van der Waals surface area contributed by atoms with Gasteiger partial charge in [0.1, 0.15) is 12.7 Å². The number of esters is 4. The van der Waals surface area contributed by atoms with Gasteiger partial charge in [0, 0.05) is 4.91 Å². The van der Waals surface area contributed by atoms with E-state index in [0.29, 0.717) is 0 Å². The number of hydrogen-bond donors (Lipinski definition) is 0. The first-order valence-corrected chi connectivity index (χ1v) is 17.9. The summed E-state index contributed by atoms with van der Waals surface area (Å²) in [5.74, 6) is -3.22. The normalized spacial score (nSPS) is 19.3. The first-order chi connectivity index (χ1) is 27.9. The Balaban J connectivity index is 1.39. The molecule has 0 aliphatic carbocycles. The predicted molar refractivity (Wildman–Crippen MR) is 207 cm³/mol. The van der Waals surface area contributed by atoms with Crippen molar-refractivity contribution < 1.29 is 47.6 Å². The van der Waals surface area contributed by atoms with E-state index in [2.05, 4.69) is 10.0 Å². The molecule has 288 valence electrons. The molecule has 0 aromatic heterocycles. The third kappa shape index (κ3) is 11.0. The average molecular weight is 768 g/mol. The van der Waals surface area contributed by atoms with E-state index in [1.165, 1.54) is 36.4 Å². The molecule has 0 N–H and O–H groups in total. The average Bonchev–Trinajstić information content (AvgIpc) is 3.26. The Morgan fingerprint density at radius 2 is 1.02 bits per heavy atom. The summed E-state index contributed by atoms with van der Waals surface area (Å²) in [6.45, 7) is -0.825. The highest BCUT2D eigenvalue weighted by molar-refractivity contribution is 5.91. The van der Waals surface area contributed by atoms with Crippen molar-refractivity contribution in [1.82, 2.24) is 0 Å². The predicted octanol–water partition coefficient (Wildman–Crippen LogP) is 7.65. The van der Waals surface area contributed by atoms with Crippen LogP contribution in [-0.4, -0.2) is 73.8 Å². The van der Waals surface area contributed by atoms with Crippen LogP contribution in [0, 0.1) is 0 Å². The Bertz CT molecular complexity index is 2170. The maximum Gasteiger partial charge on any atom is 0.338 e. The number of benzene rings is 5. The molecule has 1 aliphatic heterocycles. The summed E-state index contributed by atoms with van der Waals surface area (Å²) in [5, 5.41) is 3.85. The molecule has 57 heavy (non-hydrogen) atoms. The number of carbonyl (C=O) groups excluding carboxylic acids is 4. The van der Waals surface area contributed by atoms with Crippen LogP contribution in [0.5, 0.6) is 0 Å². The zero-order valence-corrected chi connectivity index (χ0v) is 30.4. The fourth-order valence-corrected chi connectivity index (χ4v) is 5.83. The molecule has 13 nitrogen and oxygen atoms in total. The molecule has 1 unspecified atom stereocenters. The molecule has 0 saturated carbocycles. The van der Waals surface area contributed by atoms with Gasteiger partial charge in [-0.05, 0) is 59.6 Å². The number of ether oxygens (including phenoxy) is 6. The molecule has 1 saturated heterocycles. The van der Waals surface area contributed by atoms with Gasteiger partial charge >= 0.3 is 23.9 Å². The third-order valence-corrected chi connectivity index (χ3v) is 8.68. The van der Waals surface area contributed by atoms with Crippen LogP contribution in [0.25, 0.3) is 16.5 Å². The second-order valence-corrected chi connectivity index (χ2v) is 12.6. The summed E-state index contributed by atoms with van der Waals surface area (Å²) in [5.41, 5.74) is 10.9. The van der Waals surface area contributed by atoms with Crippen LogP contribution in [0.1, 0.15) is 47.0 Å². The highest BCUT2D eigenvalue weighted by atomic mass is 16.7. The summed E-state index contributed by atoms with van der Waals surface area (Å²) in [6.07, 6.45) is -4.27. The Hall–Kier alpha value is -7.05. The van der Waals surface area contributed by atoms with Gasteiger partial charge in [-0.3, -0.25) is 0 Å². The van der Waals surface area contributed by atoms with Gasteiger partial charge in [-0.2, -0.15) is 0 Å². The van der Waals surface area contributed by atoms with E-state index >= 15 is 0 Å². The number of rotatable bonds is 15. The smallest absolute Gasteiger partial charge is 0.338 e. The summed E-state index contributed by atoms with van der Waals surface area (Å²) in [4.78, 5) is 57.4. The van der Waals surface area contributed by atoms with E-state index in [0.717, 1.165) is 5.56 Å². The molecule has 6 atom stereocenters. The molecule has 5 aromatic rings. The van der Waals surface area contributed by atoms with E-state index in [1.807, 2.05) is 30.3 Å². The molecular weight excluding hydrogens is 730 g/mol. The van der Waals surface area contributed by atoms with Gasteiger partial charge in [-0.15, -0.1) is 0 Å². The molecule has 0 radical (unpaired) electrons. The summed E-state index contributed by atoms with van der Waals surface area (Å²) >= 11 is 0. The van der Waals surface area contributed by atoms with Gasteiger partial charge in [0.05, 0.1) is 34.9 Å². The topological polar surface area (TPSA) is 172 Å². The highest BCUT2D eigenvalue weighted by Crippen LogP contribution is 2.32. The minimum absolute atomic E-state index is 0.143. The molecule has 6 rings (SSSR count). The molecule has 1 heterocycles. The lowest BCUT2D eigenvalue weighted by Crippen LogP contribution is -2.63. The Kier molecular flexibility index (Phi) is 13.9. The fourth-order valence-electron chi connectivity index (χ4n) is 5.83. The van der Waals surface area contributed by atoms with Crippen LogP contribution in [0.4, 0.5) is 0 Å². The number of nitrogens with zero attached hydrogens (tertiary/aromatic N) is 3. The first-order valence-electron chi connectivity index (χ1n) is 17.9. The molecule has 1 aliphatic rings. The quantitative estimate of drug-likeness (QED) is 0.0339. The molecule has 13 heteroatoms. The van der Waals surface area contributed by atoms with E-state index in [-0.39, 0.29) is 28.9 Å². The molecule has 1 fully saturated rings. The van der Waals surface area contributed by atoms with E-state index in [4.69, 9.17) is 28.4 Å². The van der Waals surface area contributed by atoms with Gasteiger partial charge in [0.2, 0.25) is 0 Å². The maximum atomic E-state index is 13.8. The lowest BCUT2D eigenvalue weighted by Gasteiger charge is -2.44. The lowest BCUT2D eigenvalue weighted by atomic mass is 9.97. The minimum Gasteiger partial charge on any atom is -0.459 e. The highest BCUT2D eigenvalue weighted by Gasteiger charge is 2.53. The number of azide groups is 1. The van der Waals surface area contributed by atoms with Crippen LogP contribution in [0.2, 0.25) is 0 Å². The molecule has 0 spiro atoms. The third-order valence-electron chi connectivity index (χ3n) is 8.68. The van der Waals surface area contributed by atoms with Crippen LogP contribution >= 0.6 is 0 Å². The monoisotopic (exact) mass is 767 g/mol. The van der Waals surface area contributed by atoms with Crippen LogP contribution in [0.15, 0.2) is 163 Å². The standard InChI is InChI=1S/C44H37N3O10/c45-47-46-35(27-26-30-16-6-1-7-17-30)28-53-44-39(57-43(51)34-24-14-5-15-25-34)38(56-42(50)33-22-12-4-13-23-33)37(55-41(49)32-20-10-3-11-21-32)36(54-44)29-52-40(48)31-18-8-2-9-19-31/h1-27,35-39,44H,28-29H2/b27-26+/t35?,36-,37-,38+,39-,44-/m1/s1. The van der Waals surface area contributed by atoms with E-state index in [1.54, 1.807) is 97.1 Å². The Morgan fingerprint density at radius 1 is 0.596 bits per heavy atom. The van der Waals surface area contributed by atoms with Crippen LogP contribution in [-0.2, 0) is 28.4 Å². The minimum atomic E-state index is -1.60. The van der Waals surface area contributed by atoms with Crippen molar-refractivity contribution in [2.45, 2.75) is 36.7 Å². The van der Waals surface area contributed by atoms with Crippen molar-refractivity contribution in [1.29, 1.82) is 0 Å². The summed E-state index contributed by atoms with van der Waals surface area (Å²) < 4.78 is 36.4. The van der Waals surface area contributed by atoms with E-state index < -0.39 is 67.2 Å². The summed E-state index contributed by atoms with van der Waals surface area (Å²) in [7, 11) is 0. The molecule has 5 aromatic carbocycles. The van der Waals surface area contributed by atoms with Gasteiger partial charge < -0.3 is 28.4 Å². The van der Waals surface area contributed by atoms with Gasteiger partial charge in [0.15, 0.2) is 24.6 Å². The largest absolute Gasteiger partial charge is 0.459 e.